The van der Waals surface area contributed by atoms with Gasteiger partial charge in [-0.15, -0.1) is 0 Å². The molecule has 0 atom stereocenters. The zero-order valence-corrected chi connectivity index (χ0v) is 12.6. The fourth-order valence-electron chi connectivity index (χ4n) is 1.77. The van der Waals surface area contributed by atoms with Crippen LogP contribution in [-0.2, 0) is 6.42 Å². The molecule has 2 aromatic carbocycles. The van der Waals surface area contributed by atoms with Gasteiger partial charge in [-0.3, -0.25) is 0 Å². The lowest BCUT2D eigenvalue weighted by Crippen LogP contribution is -1.93. The van der Waals surface area contributed by atoms with Crippen LogP contribution in [0.1, 0.15) is 16.7 Å². The van der Waals surface area contributed by atoms with Gasteiger partial charge in [0.2, 0.25) is 0 Å². The fraction of sp³-hybridized carbons (Fsp3) is 0.143. The molecule has 0 aliphatic heterocycles. The smallest absolute Gasteiger partial charge is 0.0627 e. The van der Waals surface area contributed by atoms with Crippen LogP contribution in [0, 0.1) is 6.92 Å². The molecular formula is C14H10Cl4. The second-order valence-electron chi connectivity index (χ2n) is 4.08. The first kappa shape index (κ1) is 14.0. The van der Waals surface area contributed by atoms with E-state index in [0.717, 1.165) is 16.7 Å². The topological polar surface area (TPSA) is 0 Å². The molecule has 0 unspecified atom stereocenters. The zero-order chi connectivity index (χ0) is 13.3. The molecule has 0 amide bonds. The van der Waals surface area contributed by atoms with Gasteiger partial charge in [-0.05, 0) is 48.2 Å². The molecule has 2 aromatic rings. The summed E-state index contributed by atoms with van der Waals surface area (Å²) in [7, 11) is 0. The van der Waals surface area contributed by atoms with Crippen LogP contribution in [0.4, 0.5) is 0 Å². The van der Waals surface area contributed by atoms with E-state index < -0.39 is 0 Å². The molecule has 0 saturated heterocycles. The lowest BCUT2D eigenvalue weighted by atomic mass is 10.0. The Hall–Kier alpha value is -0.400. The lowest BCUT2D eigenvalue weighted by Gasteiger charge is -2.10. The van der Waals surface area contributed by atoms with Crippen molar-refractivity contribution in [3.63, 3.8) is 0 Å². The van der Waals surface area contributed by atoms with E-state index in [-0.39, 0.29) is 0 Å². The molecule has 0 radical (unpaired) electrons. The molecule has 18 heavy (non-hydrogen) atoms. The third kappa shape index (κ3) is 2.95. The summed E-state index contributed by atoms with van der Waals surface area (Å²) in [4.78, 5) is 0. The standard InChI is InChI=1S/C14H10Cl4/c1-8-5-12(16)13(17)7-10(8)6-9-3-2-4-11(15)14(9)18/h2-5,7H,6H2,1H3. The molecule has 0 nitrogen and oxygen atoms in total. The van der Waals surface area contributed by atoms with Gasteiger partial charge in [0.05, 0.1) is 20.1 Å². The van der Waals surface area contributed by atoms with Crippen LogP contribution in [0.3, 0.4) is 0 Å². The first-order valence-electron chi connectivity index (χ1n) is 5.36. The third-order valence-corrected chi connectivity index (χ3v) is 4.37. The molecule has 0 aliphatic rings. The predicted octanol–water partition coefficient (Wildman–Crippen LogP) is 6.20. The molecule has 2 rings (SSSR count). The second kappa shape index (κ2) is 5.71. The van der Waals surface area contributed by atoms with Crippen LogP contribution < -0.4 is 0 Å². The van der Waals surface area contributed by atoms with Crippen molar-refractivity contribution in [2.75, 3.05) is 0 Å². The summed E-state index contributed by atoms with van der Waals surface area (Å²) in [6, 6.07) is 9.34. The molecule has 0 fully saturated rings. The van der Waals surface area contributed by atoms with E-state index >= 15 is 0 Å². The molecule has 94 valence electrons. The summed E-state index contributed by atoms with van der Waals surface area (Å²) in [6.45, 7) is 2.00. The average molecular weight is 320 g/mol. The molecule has 0 spiro atoms. The van der Waals surface area contributed by atoms with Crippen LogP contribution in [0.15, 0.2) is 30.3 Å². The second-order valence-corrected chi connectivity index (χ2v) is 5.68. The van der Waals surface area contributed by atoms with E-state index in [4.69, 9.17) is 46.4 Å². The Morgan fingerprint density at radius 1 is 0.833 bits per heavy atom. The van der Waals surface area contributed by atoms with E-state index in [1.165, 1.54) is 0 Å². The Labute approximate surface area is 126 Å². The van der Waals surface area contributed by atoms with Crippen molar-refractivity contribution >= 4 is 46.4 Å². The molecule has 0 aliphatic carbocycles. The number of aryl methyl sites for hydroxylation is 1. The number of hydrogen-bond acceptors (Lipinski definition) is 0. The Balaban J connectivity index is 2.40. The van der Waals surface area contributed by atoms with Gasteiger partial charge in [-0.2, -0.15) is 0 Å². The normalized spacial score (nSPS) is 10.7. The summed E-state index contributed by atoms with van der Waals surface area (Å²) in [5.74, 6) is 0. The van der Waals surface area contributed by atoms with Crippen LogP contribution in [-0.4, -0.2) is 0 Å². The van der Waals surface area contributed by atoms with Crippen LogP contribution >= 0.6 is 46.4 Å². The largest absolute Gasteiger partial charge is 0.0827 e. The van der Waals surface area contributed by atoms with Crippen molar-refractivity contribution in [3.8, 4) is 0 Å². The maximum Gasteiger partial charge on any atom is 0.0627 e. The quantitative estimate of drug-likeness (QED) is 0.618. The monoisotopic (exact) mass is 318 g/mol. The van der Waals surface area contributed by atoms with Crippen molar-refractivity contribution in [3.05, 3.63) is 67.1 Å². The Morgan fingerprint density at radius 3 is 2.22 bits per heavy atom. The van der Waals surface area contributed by atoms with E-state index in [9.17, 15) is 0 Å². The predicted molar refractivity (Wildman–Crippen MR) is 80.5 cm³/mol. The number of hydrogen-bond donors (Lipinski definition) is 0. The minimum atomic E-state index is 0.551. The van der Waals surface area contributed by atoms with Crippen LogP contribution in [0.2, 0.25) is 20.1 Å². The first-order chi connectivity index (χ1) is 8.49. The highest BCUT2D eigenvalue weighted by Crippen LogP contribution is 2.31. The lowest BCUT2D eigenvalue weighted by molar-refractivity contribution is 1.16. The van der Waals surface area contributed by atoms with Gasteiger partial charge < -0.3 is 0 Å². The molecule has 0 bridgehead atoms. The molecule has 0 heterocycles. The van der Waals surface area contributed by atoms with Crippen LogP contribution in [0.5, 0.6) is 0 Å². The minimum absolute atomic E-state index is 0.551. The van der Waals surface area contributed by atoms with Gasteiger partial charge in [-0.25, -0.2) is 0 Å². The van der Waals surface area contributed by atoms with Crippen molar-refractivity contribution in [2.45, 2.75) is 13.3 Å². The van der Waals surface area contributed by atoms with Gasteiger partial charge in [0, 0.05) is 0 Å². The highest BCUT2D eigenvalue weighted by molar-refractivity contribution is 6.42. The maximum absolute atomic E-state index is 6.18. The van der Waals surface area contributed by atoms with Gasteiger partial charge in [0.25, 0.3) is 0 Å². The van der Waals surface area contributed by atoms with Gasteiger partial charge in [0.1, 0.15) is 0 Å². The Morgan fingerprint density at radius 2 is 1.50 bits per heavy atom. The average Bonchev–Trinajstić information content (AvgIpc) is 2.32. The van der Waals surface area contributed by atoms with E-state index in [1.54, 1.807) is 6.07 Å². The highest BCUT2D eigenvalue weighted by Gasteiger charge is 2.09. The fourth-order valence-corrected chi connectivity index (χ4v) is 2.56. The summed E-state index contributed by atoms with van der Waals surface area (Å²) < 4.78 is 0. The zero-order valence-electron chi connectivity index (χ0n) is 9.61. The van der Waals surface area contributed by atoms with Gasteiger partial charge in [0.15, 0.2) is 0 Å². The highest BCUT2D eigenvalue weighted by atomic mass is 35.5. The van der Waals surface area contributed by atoms with Crippen molar-refractivity contribution in [2.24, 2.45) is 0 Å². The summed E-state index contributed by atoms with van der Waals surface area (Å²) in [5.41, 5.74) is 3.15. The SMILES string of the molecule is Cc1cc(Cl)c(Cl)cc1Cc1cccc(Cl)c1Cl. The summed E-state index contributed by atoms with van der Waals surface area (Å²) in [6.07, 6.45) is 0.683. The van der Waals surface area contributed by atoms with Crippen molar-refractivity contribution < 1.29 is 0 Å². The number of benzene rings is 2. The molecule has 0 aromatic heterocycles. The minimum Gasteiger partial charge on any atom is -0.0827 e. The summed E-state index contributed by atoms with van der Waals surface area (Å²) in [5, 5.41) is 2.27. The number of halogens is 4. The Kier molecular flexibility index (Phi) is 4.45. The first-order valence-corrected chi connectivity index (χ1v) is 6.87. The molecule has 0 saturated carbocycles. The van der Waals surface area contributed by atoms with E-state index in [0.29, 0.717) is 26.5 Å². The molecular weight excluding hydrogens is 310 g/mol. The molecule has 0 N–H and O–H groups in total. The van der Waals surface area contributed by atoms with E-state index in [1.807, 2.05) is 31.2 Å². The Bertz CT molecular complexity index is 591. The number of rotatable bonds is 2. The van der Waals surface area contributed by atoms with Crippen molar-refractivity contribution in [1.29, 1.82) is 0 Å². The third-order valence-electron chi connectivity index (χ3n) is 2.79. The van der Waals surface area contributed by atoms with Gasteiger partial charge in [-0.1, -0.05) is 58.5 Å². The van der Waals surface area contributed by atoms with Crippen LogP contribution in [0.25, 0.3) is 0 Å². The van der Waals surface area contributed by atoms with Crippen molar-refractivity contribution in [1.82, 2.24) is 0 Å². The van der Waals surface area contributed by atoms with E-state index in [2.05, 4.69) is 0 Å². The van der Waals surface area contributed by atoms with Gasteiger partial charge >= 0.3 is 0 Å². The molecule has 4 heteroatoms. The maximum atomic E-state index is 6.18. The summed E-state index contributed by atoms with van der Waals surface area (Å²) >= 11 is 24.2.